The summed E-state index contributed by atoms with van der Waals surface area (Å²) in [5, 5.41) is 11.4. The van der Waals surface area contributed by atoms with Crippen molar-refractivity contribution in [1.82, 2.24) is 5.32 Å². The van der Waals surface area contributed by atoms with Crippen LogP contribution in [0.15, 0.2) is 12.2 Å². The van der Waals surface area contributed by atoms with E-state index in [4.69, 9.17) is 16.7 Å². The Kier molecular flexibility index (Phi) is 5.81. The third-order valence-corrected chi connectivity index (χ3v) is 4.05. The van der Waals surface area contributed by atoms with Gasteiger partial charge in [-0.25, -0.2) is 4.39 Å². The third-order valence-electron chi connectivity index (χ3n) is 3.61. The van der Waals surface area contributed by atoms with Crippen LogP contribution in [0.3, 0.4) is 0 Å². The van der Waals surface area contributed by atoms with Gasteiger partial charge in [0.05, 0.1) is 5.38 Å². The second kappa shape index (κ2) is 6.71. The average molecular weight is 292 g/mol. The topological polar surface area (TPSA) is 49.3 Å². The maximum atomic E-state index is 13.7. The van der Waals surface area contributed by atoms with Crippen LogP contribution in [0.1, 0.15) is 33.1 Å². The molecule has 2 N–H and O–H groups in total. The molecule has 0 radical (unpaired) electrons. The summed E-state index contributed by atoms with van der Waals surface area (Å²) < 4.78 is 13.7. The number of halogens is 2. The standard InChI is InChI=1S/C14H23ClFNO2/c1-9-10(4-5-11(15)13(9)16)6-12(19)17-7-14(2,3)8-18/h10-11,13,18H,1,4-8H2,2-3H3,(H,17,19). The molecule has 1 rings (SSSR count). The van der Waals surface area contributed by atoms with Gasteiger partial charge in [0.25, 0.3) is 0 Å². The molecule has 1 aliphatic rings. The zero-order chi connectivity index (χ0) is 14.6. The van der Waals surface area contributed by atoms with E-state index in [1.165, 1.54) is 0 Å². The quantitative estimate of drug-likeness (QED) is 0.604. The number of alkyl halides is 2. The first-order valence-electron chi connectivity index (χ1n) is 6.61. The van der Waals surface area contributed by atoms with Crippen LogP contribution in [0.2, 0.25) is 0 Å². The smallest absolute Gasteiger partial charge is 0.220 e. The molecule has 1 amide bonds. The zero-order valence-corrected chi connectivity index (χ0v) is 12.3. The number of nitrogens with one attached hydrogen (secondary N) is 1. The lowest BCUT2D eigenvalue weighted by atomic mass is 9.81. The van der Waals surface area contributed by atoms with Gasteiger partial charge in [-0.3, -0.25) is 4.79 Å². The van der Waals surface area contributed by atoms with Gasteiger partial charge in [-0.05, 0) is 24.3 Å². The molecular weight excluding hydrogens is 269 g/mol. The molecule has 0 aliphatic heterocycles. The van der Waals surface area contributed by atoms with E-state index in [0.29, 0.717) is 25.0 Å². The van der Waals surface area contributed by atoms with E-state index in [-0.39, 0.29) is 30.3 Å². The monoisotopic (exact) mass is 291 g/mol. The largest absolute Gasteiger partial charge is 0.396 e. The molecule has 0 aromatic heterocycles. The molecule has 0 spiro atoms. The minimum atomic E-state index is -1.22. The SMILES string of the molecule is C=C1C(CC(=O)NCC(C)(C)CO)CCC(Cl)C1F. The number of aliphatic hydroxyl groups excluding tert-OH is 1. The first-order valence-corrected chi connectivity index (χ1v) is 7.05. The van der Waals surface area contributed by atoms with Gasteiger partial charge in [0.2, 0.25) is 5.91 Å². The Bertz CT molecular complexity index is 346. The van der Waals surface area contributed by atoms with Crippen molar-refractivity contribution in [2.75, 3.05) is 13.2 Å². The first-order chi connectivity index (χ1) is 8.76. The molecule has 110 valence electrons. The van der Waals surface area contributed by atoms with Gasteiger partial charge in [-0.1, -0.05) is 20.4 Å². The Morgan fingerprint density at radius 2 is 2.21 bits per heavy atom. The van der Waals surface area contributed by atoms with Crippen molar-refractivity contribution in [1.29, 1.82) is 0 Å². The van der Waals surface area contributed by atoms with E-state index in [9.17, 15) is 9.18 Å². The number of carbonyl (C=O) groups is 1. The Balaban J connectivity index is 2.43. The zero-order valence-electron chi connectivity index (χ0n) is 11.6. The molecule has 1 aliphatic carbocycles. The summed E-state index contributed by atoms with van der Waals surface area (Å²) in [4.78, 5) is 11.8. The number of carbonyl (C=O) groups excluding carboxylic acids is 1. The fourth-order valence-electron chi connectivity index (χ4n) is 2.07. The van der Waals surface area contributed by atoms with Crippen molar-refractivity contribution >= 4 is 17.5 Å². The minimum Gasteiger partial charge on any atom is -0.396 e. The minimum absolute atomic E-state index is 0.00387. The molecular formula is C14H23ClFNO2. The lowest BCUT2D eigenvalue weighted by Crippen LogP contribution is -2.38. The summed E-state index contributed by atoms with van der Waals surface area (Å²) in [6.07, 6.45) is 0.290. The Morgan fingerprint density at radius 3 is 2.79 bits per heavy atom. The third kappa shape index (κ3) is 4.77. The number of rotatable bonds is 5. The van der Waals surface area contributed by atoms with E-state index in [0.717, 1.165) is 0 Å². The summed E-state index contributed by atoms with van der Waals surface area (Å²) in [7, 11) is 0. The normalized spacial score (nSPS) is 28.3. The number of aliphatic hydroxyl groups is 1. The summed E-state index contributed by atoms with van der Waals surface area (Å²) in [6.45, 7) is 7.86. The van der Waals surface area contributed by atoms with Crippen molar-refractivity contribution in [2.24, 2.45) is 11.3 Å². The first kappa shape index (κ1) is 16.4. The lowest BCUT2D eigenvalue weighted by Gasteiger charge is -2.31. The lowest BCUT2D eigenvalue weighted by molar-refractivity contribution is -0.122. The highest BCUT2D eigenvalue weighted by Gasteiger charge is 2.33. The molecule has 0 aromatic carbocycles. The van der Waals surface area contributed by atoms with Crippen molar-refractivity contribution in [3.63, 3.8) is 0 Å². The highest BCUT2D eigenvalue weighted by atomic mass is 35.5. The Hall–Kier alpha value is -0.610. The molecule has 3 atom stereocenters. The average Bonchev–Trinajstić information content (AvgIpc) is 2.37. The molecule has 3 unspecified atom stereocenters. The predicted molar refractivity (Wildman–Crippen MR) is 74.9 cm³/mol. The highest BCUT2D eigenvalue weighted by molar-refractivity contribution is 6.21. The molecule has 3 nitrogen and oxygen atoms in total. The summed E-state index contributed by atoms with van der Waals surface area (Å²) >= 11 is 5.84. The van der Waals surface area contributed by atoms with Crippen LogP contribution in [0.25, 0.3) is 0 Å². The van der Waals surface area contributed by atoms with Crippen LogP contribution in [0.5, 0.6) is 0 Å². The number of amides is 1. The van der Waals surface area contributed by atoms with Gasteiger partial charge in [-0.15, -0.1) is 11.6 Å². The number of hydrogen-bond acceptors (Lipinski definition) is 2. The number of hydrogen-bond donors (Lipinski definition) is 2. The van der Waals surface area contributed by atoms with Crippen LogP contribution < -0.4 is 5.32 Å². The molecule has 19 heavy (non-hydrogen) atoms. The maximum absolute atomic E-state index is 13.7. The van der Waals surface area contributed by atoms with Crippen LogP contribution in [0.4, 0.5) is 4.39 Å². The van der Waals surface area contributed by atoms with Crippen molar-refractivity contribution < 1.29 is 14.3 Å². The second-order valence-electron chi connectivity index (χ2n) is 6.07. The van der Waals surface area contributed by atoms with Gasteiger partial charge in [0.15, 0.2) is 0 Å². The molecule has 5 heteroatoms. The molecule has 0 heterocycles. The van der Waals surface area contributed by atoms with E-state index < -0.39 is 11.5 Å². The highest BCUT2D eigenvalue weighted by Crippen LogP contribution is 2.35. The summed E-state index contributed by atoms with van der Waals surface area (Å²) in [5.41, 5.74) is 0.0890. The van der Waals surface area contributed by atoms with Crippen LogP contribution in [-0.4, -0.2) is 35.7 Å². The molecule has 1 fully saturated rings. The van der Waals surface area contributed by atoms with E-state index in [1.807, 2.05) is 13.8 Å². The molecule has 0 saturated heterocycles. The van der Waals surface area contributed by atoms with Gasteiger partial charge in [0.1, 0.15) is 6.17 Å². The summed E-state index contributed by atoms with van der Waals surface area (Å²) in [6, 6.07) is 0. The molecule has 1 saturated carbocycles. The van der Waals surface area contributed by atoms with E-state index in [2.05, 4.69) is 11.9 Å². The predicted octanol–water partition coefficient (Wildman–Crippen LogP) is 2.42. The van der Waals surface area contributed by atoms with Gasteiger partial charge < -0.3 is 10.4 Å². The van der Waals surface area contributed by atoms with Gasteiger partial charge in [0, 0.05) is 25.0 Å². The molecule has 0 aromatic rings. The van der Waals surface area contributed by atoms with Gasteiger partial charge in [-0.2, -0.15) is 0 Å². The maximum Gasteiger partial charge on any atom is 0.220 e. The second-order valence-corrected chi connectivity index (χ2v) is 6.63. The van der Waals surface area contributed by atoms with Crippen molar-refractivity contribution in [2.45, 2.75) is 44.7 Å². The van der Waals surface area contributed by atoms with Crippen LogP contribution >= 0.6 is 11.6 Å². The van der Waals surface area contributed by atoms with Crippen molar-refractivity contribution in [3.8, 4) is 0 Å². The fourth-order valence-corrected chi connectivity index (χ4v) is 2.36. The summed E-state index contributed by atoms with van der Waals surface area (Å²) in [5.74, 6) is -0.268. The number of allylic oxidation sites excluding steroid dienone is 1. The van der Waals surface area contributed by atoms with E-state index in [1.54, 1.807) is 0 Å². The van der Waals surface area contributed by atoms with Gasteiger partial charge >= 0.3 is 0 Å². The Labute approximate surface area is 119 Å². The van der Waals surface area contributed by atoms with Crippen LogP contribution in [0, 0.1) is 11.3 Å². The van der Waals surface area contributed by atoms with Crippen LogP contribution in [-0.2, 0) is 4.79 Å². The molecule has 0 bridgehead atoms. The van der Waals surface area contributed by atoms with E-state index >= 15 is 0 Å². The Morgan fingerprint density at radius 1 is 1.58 bits per heavy atom. The fraction of sp³-hybridized carbons (Fsp3) is 0.786. The van der Waals surface area contributed by atoms with Crippen molar-refractivity contribution in [3.05, 3.63) is 12.2 Å².